The third kappa shape index (κ3) is 7.21. The number of benzene rings is 1. The quantitative estimate of drug-likeness (QED) is 0.610. The lowest BCUT2D eigenvalue weighted by atomic mass is 10.3. The SMILES string of the molecule is CC.CC(=O)ON(C)/C=C\N(C=S)c1ccccc1. The molecule has 0 amide bonds. The Morgan fingerprint density at radius 3 is 2.26 bits per heavy atom. The monoisotopic (exact) mass is 280 g/mol. The minimum Gasteiger partial charge on any atom is -0.342 e. The number of hydrogen-bond donors (Lipinski definition) is 0. The van der Waals surface area contributed by atoms with Gasteiger partial charge in [0, 0.05) is 25.9 Å². The molecule has 0 fully saturated rings. The van der Waals surface area contributed by atoms with E-state index in [2.05, 4.69) is 0 Å². The van der Waals surface area contributed by atoms with E-state index in [9.17, 15) is 4.79 Å². The normalized spacial score (nSPS) is 9.26. The van der Waals surface area contributed by atoms with Gasteiger partial charge in [-0.25, -0.2) is 5.06 Å². The lowest BCUT2D eigenvalue weighted by Crippen LogP contribution is -2.18. The highest BCUT2D eigenvalue weighted by Gasteiger charge is 1.99. The van der Waals surface area contributed by atoms with Gasteiger partial charge in [0.05, 0.1) is 11.7 Å². The van der Waals surface area contributed by atoms with Crippen molar-refractivity contribution in [1.29, 1.82) is 0 Å². The van der Waals surface area contributed by atoms with Gasteiger partial charge < -0.3 is 9.74 Å². The minimum atomic E-state index is -0.370. The van der Waals surface area contributed by atoms with Crippen LogP contribution in [0.5, 0.6) is 0 Å². The van der Waals surface area contributed by atoms with Crippen LogP contribution in [0.15, 0.2) is 42.7 Å². The number of anilines is 1. The molecule has 0 aliphatic heterocycles. The van der Waals surface area contributed by atoms with Gasteiger partial charge in [0.1, 0.15) is 0 Å². The van der Waals surface area contributed by atoms with E-state index in [1.165, 1.54) is 17.5 Å². The molecule has 0 saturated carbocycles. The Kier molecular flexibility index (Phi) is 9.08. The maximum absolute atomic E-state index is 10.7. The Balaban J connectivity index is 0.00000154. The fourth-order valence-electron chi connectivity index (χ4n) is 1.18. The molecule has 0 unspecified atom stereocenters. The lowest BCUT2D eigenvalue weighted by Gasteiger charge is -2.16. The molecular formula is C14H20N2O2S. The first-order valence-corrected chi connectivity index (χ1v) is 6.49. The van der Waals surface area contributed by atoms with Crippen LogP contribution in [0.3, 0.4) is 0 Å². The molecular weight excluding hydrogens is 260 g/mol. The van der Waals surface area contributed by atoms with E-state index in [-0.39, 0.29) is 5.97 Å². The molecule has 5 heteroatoms. The van der Waals surface area contributed by atoms with Crippen molar-refractivity contribution in [2.75, 3.05) is 11.9 Å². The molecule has 4 nitrogen and oxygen atoms in total. The molecule has 0 saturated heterocycles. The Morgan fingerprint density at radius 2 is 1.79 bits per heavy atom. The Labute approximate surface area is 120 Å². The zero-order valence-electron chi connectivity index (χ0n) is 11.7. The Morgan fingerprint density at radius 1 is 1.21 bits per heavy atom. The second kappa shape index (κ2) is 10.1. The first-order chi connectivity index (χ1) is 9.13. The highest BCUT2D eigenvalue weighted by molar-refractivity contribution is 7.79. The molecule has 0 radical (unpaired) electrons. The summed E-state index contributed by atoms with van der Waals surface area (Å²) in [5, 5.41) is 1.32. The fraction of sp³-hybridized carbons (Fsp3) is 0.286. The first kappa shape index (κ1) is 17.1. The second-order valence-corrected chi connectivity index (χ2v) is 3.49. The Hall–Kier alpha value is -1.88. The summed E-state index contributed by atoms with van der Waals surface area (Å²) in [6.07, 6.45) is 3.32. The molecule has 1 aromatic carbocycles. The van der Waals surface area contributed by atoms with Crippen molar-refractivity contribution in [3.8, 4) is 0 Å². The van der Waals surface area contributed by atoms with Crippen LogP contribution in [-0.4, -0.2) is 23.6 Å². The molecule has 0 aliphatic carbocycles. The van der Waals surface area contributed by atoms with Crippen LogP contribution in [0.2, 0.25) is 0 Å². The van der Waals surface area contributed by atoms with E-state index in [0.29, 0.717) is 0 Å². The van der Waals surface area contributed by atoms with Gasteiger partial charge in [0.2, 0.25) is 0 Å². The molecule has 19 heavy (non-hydrogen) atoms. The molecule has 0 N–H and O–H groups in total. The largest absolute Gasteiger partial charge is 0.342 e. The van der Waals surface area contributed by atoms with Crippen molar-refractivity contribution in [1.82, 2.24) is 5.06 Å². The van der Waals surface area contributed by atoms with Gasteiger partial charge in [-0.3, -0.25) is 4.79 Å². The topological polar surface area (TPSA) is 32.8 Å². The maximum atomic E-state index is 10.7. The van der Waals surface area contributed by atoms with Gasteiger partial charge in [0.15, 0.2) is 0 Å². The first-order valence-electron chi connectivity index (χ1n) is 6.02. The van der Waals surface area contributed by atoms with E-state index in [4.69, 9.17) is 17.1 Å². The number of carbonyl (C=O) groups is 1. The maximum Gasteiger partial charge on any atom is 0.329 e. The standard InChI is InChI=1S/C12H14N2O2S.C2H6/c1-11(15)16-13(2)8-9-14(10-17)12-6-4-3-5-7-12;1-2/h3-10H,1-2H3;1-2H3/b9-8-;. The molecule has 1 rings (SSSR count). The average molecular weight is 280 g/mol. The van der Waals surface area contributed by atoms with E-state index in [1.54, 1.807) is 24.3 Å². The third-order valence-corrected chi connectivity index (χ3v) is 2.10. The molecule has 0 spiro atoms. The zero-order valence-corrected chi connectivity index (χ0v) is 12.6. The van der Waals surface area contributed by atoms with Crippen molar-refractivity contribution in [2.45, 2.75) is 20.8 Å². The molecule has 0 atom stereocenters. The van der Waals surface area contributed by atoms with E-state index >= 15 is 0 Å². The molecule has 104 valence electrons. The summed E-state index contributed by atoms with van der Waals surface area (Å²) in [5.74, 6) is -0.370. The van der Waals surface area contributed by atoms with Crippen molar-refractivity contribution in [2.24, 2.45) is 0 Å². The number of para-hydroxylation sites is 1. The highest BCUT2D eigenvalue weighted by Crippen LogP contribution is 2.11. The predicted octanol–water partition coefficient (Wildman–Crippen LogP) is 3.36. The van der Waals surface area contributed by atoms with Gasteiger partial charge in [-0.1, -0.05) is 44.3 Å². The second-order valence-electron chi connectivity index (χ2n) is 3.28. The fourth-order valence-corrected chi connectivity index (χ4v) is 1.37. The lowest BCUT2D eigenvalue weighted by molar-refractivity contribution is -0.170. The number of nitrogens with zero attached hydrogens (tertiary/aromatic N) is 2. The van der Waals surface area contributed by atoms with Crippen molar-refractivity contribution < 1.29 is 9.63 Å². The van der Waals surface area contributed by atoms with Crippen molar-refractivity contribution in [3.05, 3.63) is 42.7 Å². The molecule has 0 bridgehead atoms. The summed E-state index contributed by atoms with van der Waals surface area (Å²) in [6, 6.07) is 9.63. The number of rotatable bonds is 5. The summed E-state index contributed by atoms with van der Waals surface area (Å²) in [6.45, 7) is 5.35. The van der Waals surface area contributed by atoms with E-state index in [1.807, 2.05) is 44.2 Å². The summed E-state index contributed by atoms with van der Waals surface area (Å²) in [7, 11) is 1.63. The van der Waals surface area contributed by atoms with Gasteiger partial charge in [-0.05, 0) is 12.1 Å². The highest BCUT2D eigenvalue weighted by atomic mass is 32.1. The van der Waals surface area contributed by atoms with Crippen LogP contribution < -0.4 is 4.90 Å². The van der Waals surface area contributed by atoms with Crippen LogP contribution in [0.1, 0.15) is 20.8 Å². The van der Waals surface area contributed by atoms with Gasteiger partial charge in [-0.2, -0.15) is 0 Å². The van der Waals surface area contributed by atoms with Crippen LogP contribution in [0.25, 0.3) is 0 Å². The van der Waals surface area contributed by atoms with Gasteiger partial charge >= 0.3 is 5.97 Å². The van der Waals surface area contributed by atoms with E-state index in [0.717, 1.165) is 5.69 Å². The molecule has 1 aromatic rings. The van der Waals surface area contributed by atoms with Crippen LogP contribution in [0.4, 0.5) is 5.69 Å². The molecule has 0 aromatic heterocycles. The van der Waals surface area contributed by atoms with Crippen LogP contribution in [0, 0.1) is 0 Å². The molecule has 0 aliphatic rings. The number of hydroxylamine groups is 2. The minimum absolute atomic E-state index is 0.370. The zero-order chi connectivity index (χ0) is 14.7. The summed E-state index contributed by atoms with van der Waals surface area (Å²) in [4.78, 5) is 17.3. The van der Waals surface area contributed by atoms with Crippen LogP contribution in [-0.2, 0) is 9.63 Å². The predicted molar refractivity (Wildman–Crippen MR) is 82.6 cm³/mol. The number of thiocarbonyl (C=S) groups is 1. The average Bonchev–Trinajstić information content (AvgIpc) is 2.42. The smallest absolute Gasteiger partial charge is 0.329 e. The van der Waals surface area contributed by atoms with Crippen molar-refractivity contribution >= 4 is 29.4 Å². The summed E-state index contributed by atoms with van der Waals surface area (Å²) >= 11 is 4.92. The number of hydrogen-bond acceptors (Lipinski definition) is 4. The van der Waals surface area contributed by atoms with Crippen LogP contribution >= 0.6 is 12.2 Å². The number of carbonyl (C=O) groups excluding carboxylic acids is 1. The molecule has 0 heterocycles. The van der Waals surface area contributed by atoms with Gasteiger partial charge in [-0.15, -0.1) is 0 Å². The summed E-state index contributed by atoms with van der Waals surface area (Å²) in [5.41, 5.74) is 2.45. The van der Waals surface area contributed by atoms with Crippen molar-refractivity contribution in [3.63, 3.8) is 0 Å². The summed E-state index contributed by atoms with van der Waals surface area (Å²) < 4.78 is 0. The van der Waals surface area contributed by atoms with E-state index < -0.39 is 0 Å². The Bertz CT molecular complexity index is 407. The van der Waals surface area contributed by atoms with Gasteiger partial charge in [0.25, 0.3) is 0 Å². The third-order valence-electron chi connectivity index (χ3n) is 1.88.